The minimum Gasteiger partial charge on any atom is -0.440 e. The van der Waals surface area contributed by atoms with Gasteiger partial charge in [-0.25, -0.2) is 4.98 Å². The summed E-state index contributed by atoms with van der Waals surface area (Å²) in [5, 5.41) is 0. The van der Waals surface area contributed by atoms with Crippen LogP contribution in [0.4, 0.5) is 0 Å². The Hall–Kier alpha value is -1.84. The average Bonchev–Trinajstić information content (AvgIpc) is 2.59. The van der Waals surface area contributed by atoms with Crippen molar-refractivity contribution < 1.29 is 9.21 Å². The fourth-order valence-electron chi connectivity index (χ4n) is 1.20. The normalized spacial score (nSPS) is 12.9. The van der Waals surface area contributed by atoms with Crippen LogP contribution in [0.2, 0.25) is 0 Å². The summed E-state index contributed by atoms with van der Waals surface area (Å²) in [7, 11) is 0. The van der Waals surface area contributed by atoms with E-state index in [0.29, 0.717) is 11.5 Å². The summed E-state index contributed by atoms with van der Waals surface area (Å²) >= 11 is 0. The number of para-hydroxylation sites is 2. The number of carbonyl (C=O) groups excluding carboxylic acids is 1. The number of rotatable bonds is 2. The standard InChI is InChI=1S/C10H10N2O2/c1-6(9(11)13)10-12-7-4-2-3-5-8(7)14-10/h2-6H,1H3,(H2,11,13). The van der Waals surface area contributed by atoms with E-state index >= 15 is 0 Å². The lowest BCUT2D eigenvalue weighted by Gasteiger charge is -1.98. The van der Waals surface area contributed by atoms with Crippen LogP contribution < -0.4 is 5.73 Å². The molecular formula is C10H10N2O2. The molecule has 1 atom stereocenters. The number of oxazole rings is 1. The zero-order valence-corrected chi connectivity index (χ0v) is 7.73. The van der Waals surface area contributed by atoms with Gasteiger partial charge in [0.1, 0.15) is 11.4 Å². The lowest BCUT2D eigenvalue weighted by molar-refractivity contribution is -0.119. The molecule has 1 aromatic carbocycles. The topological polar surface area (TPSA) is 69.1 Å². The number of benzene rings is 1. The van der Waals surface area contributed by atoms with E-state index in [1.54, 1.807) is 13.0 Å². The van der Waals surface area contributed by atoms with Gasteiger partial charge in [-0.05, 0) is 19.1 Å². The Morgan fingerprint density at radius 3 is 2.86 bits per heavy atom. The molecule has 0 bridgehead atoms. The molecule has 0 saturated carbocycles. The second-order valence-corrected chi connectivity index (χ2v) is 3.14. The summed E-state index contributed by atoms with van der Waals surface area (Å²) in [4.78, 5) is 15.1. The van der Waals surface area contributed by atoms with Crippen LogP contribution in [0.5, 0.6) is 0 Å². The number of amides is 1. The van der Waals surface area contributed by atoms with Crippen LogP contribution in [0.15, 0.2) is 28.7 Å². The van der Waals surface area contributed by atoms with Gasteiger partial charge in [0.25, 0.3) is 0 Å². The first-order valence-corrected chi connectivity index (χ1v) is 4.33. The van der Waals surface area contributed by atoms with Crippen LogP contribution in [0, 0.1) is 0 Å². The van der Waals surface area contributed by atoms with Crippen molar-refractivity contribution >= 4 is 17.0 Å². The molecule has 0 aliphatic rings. The summed E-state index contributed by atoms with van der Waals surface area (Å²) in [6.07, 6.45) is 0. The molecule has 0 spiro atoms. The number of hydrogen-bond acceptors (Lipinski definition) is 3. The van der Waals surface area contributed by atoms with Gasteiger partial charge in [-0.3, -0.25) is 4.79 Å². The van der Waals surface area contributed by atoms with E-state index < -0.39 is 11.8 Å². The zero-order chi connectivity index (χ0) is 10.1. The van der Waals surface area contributed by atoms with Crippen LogP contribution in [0.25, 0.3) is 11.1 Å². The van der Waals surface area contributed by atoms with Gasteiger partial charge in [-0.2, -0.15) is 0 Å². The molecular weight excluding hydrogens is 180 g/mol. The second kappa shape index (κ2) is 3.14. The molecule has 2 rings (SSSR count). The number of nitrogens with zero attached hydrogens (tertiary/aromatic N) is 1. The van der Waals surface area contributed by atoms with Gasteiger partial charge in [-0.15, -0.1) is 0 Å². The van der Waals surface area contributed by atoms with Gasteiger partial charge in [0.15, 0.2) is 5.58 Å². The van der Waals surface area contributed by atoms with Crippen molar-refractivity contribution in [2.75, 3.05) is 0 Å². The highest BCUT2D eigenvalue weighted by atomic mass is 16.3. The largest absolute Gasteiger partial charge is 0.440 e. The summed E-state index contributed by atoms with van der Waals surface area (Å²) in [6.45, 7) is 1.67. The molecule has 1 heterocycles. The molecule has 1 amide bonds. The van der Waals surface area contributed by atoms with Crippen molar-refractivity contribution in [1.29, 1.82) is 0 Å². The predicted octanol–water partition coefficient (Wildman–Crippen LogP) is 1.42. The molecule has 1 unspecified atom stereocenters. The maximum atomic E-state index is 10.9. The Bertz CT molecular complexity index is 443. The first kappa shape index (κ1) is 8.74. The van der Waals surface area contributed by atoms with Crippen molar-refractivity contribution in [2.24, 2.45) is 5.73 Å². The molecule has 0 fully saturated rings. The van der Waals surface area contributed by atoms with Crippen molar-refractivity contribution in [3.63, 3.8) is 0 Å². The summed E-state index contributed by atoms with van der Waals surface area (Å²) in [5.74, 6) is -0.544. The van der Waals surface area contributed by atoms with Crippen LogP contribution in [0.3, 0.4) is 0 Å². The van der Waals surface area contributed by atoms with Crippen molar-refractivity contribution in [2.45, 2.75) is 12.8 Å². The number of hydrogen-bond donors (Lipinski definition) is 1. The van der Waals surface area contributed by atoms with E-state index in [-0.39, 0.29) is 0 Å². The summed E-state index contributed by atoms with van der Waals surface area (Å²) in [5.41, 5.74) is 6.57. The van der Waals surface area contributed by atoms with Gasteiger partial charge in [-0.1, -0.05) is 12.1 Å². The Kier molecular flexibility index (Phi) is 1.96. The van der Waals surface area contributed by atoms with E-state index in [4.69, 9.17) is 10.2 Å². The Morgan fingerprint density at radius 2 is 2.21 bits per heavy atom. The highest BCUT2D eigenvalue weighted by Crippen LogP contribution is 2.20. The molecule has 0 radical (unpaired) electrons. The number of nitrogens with two attached hydrogens (primary N) is 1. The second-order valence-electron chi connectivity index (χ2n) is 3.14. The Balaban J connectivity index is 2.50. The van der Waals surface area contributed by atoms with Gasteiger partial charge < -0.3 is 10.2 Å². The third-order valence-corrected chi connectivity index (χ3v) is 2.11. The van der Waals surface area contributed by atoms with E-state index in [0.717, 1.165) is 5.52 Å². The van der Waals surface area contributed by atoms with E-state index in [2.05, 4.69) is 4.98 Å². The minimum absolute atomic E-state index is 0.374. The first-order chi connectivity index (χ1) is 6.68. The maximum Gasteiger partial charge on any atom is 0.229 e. The van der Waals surface area contributed by atoms with Crippen LogP contribution in [-0.4, -0.2) is 10.9 Å². The fourth-order valence-corrected chi connectivity index (χ4v) is 1.20. The molecule has 0 aliphatic heterocycles. The first-order valence-electron chi connectivity index (χ1n) is 4.33. The van der Waals surface area contributed by atoms with E-state index in [1.165, 1.54) is 0 Å². The lowest BCUT2D eigenvalue weighted by Crippen LogP contribution is -2.18. The quantitative estimate of drug-likeness (QED) is 0.778. The Labute approximate surface area is 80.7 Å². The van der Waals surface area contributed by atoms with Gasteiger partial charge in [0.2, 0.25) is 11.8 Å². The third-order valence-electron chi connectivity index (χ3n) is 2.11. The van der Waals surface area contributed by atoms with Crippen molar-refractivity contribution in [3.8, 4) is 0 Å². The minimum atomic E-state index is -0.484. The molecule has 0 saturated heterocycles. The third kappa shape index (κ3) is 1.35. The molecule has 1 aromatic heterocycles. The maximum absolute atomic E-state index is 10.9. The number of carbonyl (C=O) groups is 1. The monoisotopic (exact) mass is 190 g/mol. The predicted molar refractivity (Wildman–Crippen MR) is 51.6 cm³/mol. The van der Waals surface area contributed by atoms with Crippen LogP contribution in [0.1, 0.15) is 18.7 Å². The van der Waals surface area contributed by atoms with Gasteiger partial charge in [0, 0.05) is 0 Å². The van der Waals surface area contributed by atoms with Crippen molar-refractivity contribution in [1.82, 2.24) is 4.98 Å². The highest BCUT2D eigenvalue weighted by molar-refractivity contribution is 5.81. The molecule has 72 valence electrons. The number of fused-ring (bicyclic) bond motifs is 1. The fraction of sp³-hybridized carbons (Fsp3) is 0.200. The molecule has 0 aliphatic carbocycles. The number of aromatic nitrogens is 1. The van der Waals surface area contributed by atoms with Gasteiger partial charge in [0.05, 0.1) is 0 Å². The summed E-state index contributed by atoms with van der Waals surface area (Å²) in [6, 6.07) is 7.35. The average molecular weight is 190 g/mol. The number of primary amides is 1. The summed E-state index contributed by atoms with van der Waals surface area (Å²) < 4.78 is 5.38. The SMILES string of the molecule is CC(C(N)=O)c1nc2ccccc2o1. The van der Waals surface area contributed by atoms with Crippen LogP contribution in [-0.2, 0) is 4.79 Å². The molecule has 4 nitrogen and oxygen atoms in total. The Morgan fingerprint density at radius 1 is 1.50 bits per heavy atom. The molecule has 14 heavy (non-hydrogen) atoms. The zero-order valence-electron chi connectivity index (χ0n) is 7.73. The van der Waals surface area contributed by atoms with Crippen LogP contribution >= 0.6 is 0 Å². The lowest BCUT2D eigenvalue weighted by atomic mass is 10.2. The molecule has 4 heteroatoms. The molecule has 2 aromatic rings. The van der Waals surface area contributed by atoms with Gasteiger partial charge >= 0.3 is 0 Å². The van der Waals surface area contributed by atoms with E-state index in [1.807, 2.05) is 18.2 Å². The smallest absolute Gasteiger partial charge is 0.229 e. The van der Waals surface area contributed by atoms with E-state index in [9.17, 15) is 4.79 Å². The highest BCUT2D eigenvalue weighted by Gasteiger charge is 2.17. The van der Waals surface area contributed by atoms with Crippen molar-refractivity contribution in [3.05, 3.63) is 30.2 Å². The molecule has 2 N–H and O–H groups in total.